The summed E-state index contributed by atoms with van der Waals surface area (Å²) >= 11 is 3.45. The zero-order valence-electron chi connectivity index (χ0n) is 11.0. The Morgan fingerprint density at radius 1 is 0.947 bits per heavy atom. The normalized spacial score (nSPS) is 11.7. The molecule has 0 aliphatic rings. The molecule has 0 heterocycles. The Morgan fingerprint density at radius 2 is 1.58 bits per heavy atom. The number of hydrogen-bond acceptors (Lipinski definition) is 1. The van der Waals surface area contributed by atoms with E-state index in [1.54, 1.807) is 0 Å². The van der Waals surface area contributed by atoms with Gasteiger partial charge in [0.1, 0.15) is 0 Å². The highest BCUT2D eigenvalue weighted by molar-refractivity contribution is 9.10. The highest BCUT2D eigenvalue weighted by atomic mass is 79.9. The second-order valence-electron chi connectivity index (χ2n) is 4.60. The van der Waals surface area contributed by atoms with Crippen molar-refractivity contribution in [3.05, 3.63) is 70.2 Å². The van der Waals surface area contributed by atoms with Gasteiger partial charge in [0.05, 0.1) is 0 Å². The fraction of sp³-hybridized carbons (Fsp3) is 0.250. The minimum absolute atomic E-state index is 0. The number of rotatable bonds is 5. The molecule has 0 aliphatic carbocycles. The van der Waals surface area contributed by atoms with E-state index in [1.807, 2.05) is 0 Å². The molecule has 0 bridgehead atoms. The molecule has 2 aromatic carbocycles. The van der Waals surface area contributed by atoms with Crippen LogP contribution < -0.4 is 5.32 Å². The van der Waals surface area contributed by atoms with E-state index in [9.17, 15) is 0 Å². The average Bonchev–Trinajstić information content (AvgIpc) is 2.39. The van der Waals surface area contributed by atoms with Gasteiger partial charge in [-0.15, -0.1) is 12.4 Å². The maximum Gasteiger partial charge on any atom is 0.0208 e. The molecule has 0 saturated carbocycles. The van der Waals surface area contributed by atoms with Gasteiger partial charge in [-0.3, -0.25) is 0 Å². The van der Waals surface area contributed by atoms with Crippen molar-refractivity contribution in [2.75, 3.05) is 0 Å². The molecule has 0 aliphatic heterocycles. The molecule has 0 radical (unpaired) electrons. The van der Waals surface area contributed by atoms with E-state index < -0.39 is 0 Å². The highest BCUT2D eigenvalue weighted by Crippen LogP contribution is 2.10. The summed E-state index contributed by atoms with van der Waals surface area (Å²) in [6.07, 6.45) is 1.07. The molecule has 2 rings (SSSR count). The first-order valence-corrected chi connectivity index (χ1v) is 7.05. The summed E-state index contributed by atoms with van der Waals surface area (Å²) in [5.74, 6) is 0. The summed E-state index contributed by atoms with van der Waals surface area (Å²) in [6, 6.07) is 19.5. The van der Waals surface area contributed by atoms with Gasteiger partial charge in [0.25, 0.3) is 0 Å². The molecule has 1 unspecified atom stereocenters. The molecule has 0 aromatic heterocycles. The smallest absolute Gasteiger partial charge is 0.0208 e. The first kappa shape index (κ1) is 16.2. The van der Waals surface area contributed by atoms with Crippen LogP contribution in [0.3, 0.4) is 0 Å². The molecule has 2 aromatic rings. The van der Waals surface area contributed by atoms with E-state index in [-0.39, 0.29) is 12.4 Å². The van der Waals surface area contributed by atoms with E-state index in [2.05, 4.69) is 82.8 Å². The molecule has 0 amide bonds. The summed E-state index contributed by atoms with van der Waals surface area (Å²) in [6.45, 7) is 3.15. The standard InChI is InChI=1S/C16H18BrN.ClH/c1-13(11-14-5-3-2-4-6-14)18-12-15-7-9-16(17)10-8-15;/h2-10,13,18H,11-12H2,1H3;1H. The molecule has 3 heteroatoms. The number of hydrogen-bond donors (Lipinski definition) is 1. The molecular formula is C16H19BrClN. The fourth-order valence-electron chi connectivity index (χ4n) is 1.93. The molecule has 19 heavy (non-hydrogen) atoms. The van der Waals surface area contributed by atoms with E-state index >= 15 is 0 Å². The second-order valence-corrected chi connectivity index (χ2v) is 5.51. The van der Waals surface area contributed by atoms with E-state index in [4.69, 9.17) is 0 Å². The Hall–Kier alpha value is -0.830. The molecule has 0 saturated heterocycles. The van der Waals surface area contributed by atoms with Crippen molar-refractivity contribution in [3.63, 3.8) is 0 Å². The molecule has 1 atom stereocenters. The highest BCUT2D eigenvalue weighted by Gasteiger charge is 2.02. The largest absolute Gasteiger partial charge is 0.310 e. The molecule has 1 nitrogen and oxygen atoms in total. The number of halogens is 2. The third kappa shape index (κ3) is 5.77. The zero-order chi connectivity index (χ0) is 12.8. The fourth-order valence-corrected chi connectivity index (χ4v) is 2.20. The zero-order valence-corrected chi connectivity index (χ0v) is 13.4. The van der Waals surface area contributed by atoms with Gasteiger partial charge in [0, 0.05) is 17.1 Å². The SMILES string of the molecule is CC(Cc1ccccc1)NCc1ccc(Br)cc1.Cl. The van der Waals surface area contributed by atoms with Crippen LogP contribution in [0.25, 0.3) is 0 Å². The molecule has 102 valence electrons. The monoisotopic (exact) mass is 339 g/mol. The second kappa shape index (κ2) is 8.36. The minimum atomic E-state index is 0. The van der Waals surface area contributed by atoms with Crippen LogP contribution in [-0.4, -0.2) is 6.04 Å². The van der Waals surface area contributed by atoms with Gasteiger partial charge in [0.15, 0.2) is 0 Å². The molecule has 1 N–H and O–H groups in total. The van der Waals surface area contributed by atoms with Crippen LogP contribution in [0.2, 0.25) is 0 Å². The Balaban J connectivity index is 0.00000180. The van der Waals surface area contributed by atoms with Crippen molar-refractivity contribution in [2.45, 2.75) is 25.9 Å². The minimum Gasteiger partial charge on any atom is -0.310 e. The van der Waals surface area contributed by atoms with E-state index in [0.717, 1.165) is 17.4 Å². The maximum atomic E-state index is 3.55. The predicted molar refractivity (Wildman–Crippen MR) is 87.8 cm³/mol. The quantitative estimate of drug-likeness (QED) is 0.839. The molecule has 0 fully saturated rings. The molecule has 0 spiro atoms. The first-order chi connectivity index (χ1) is 8.74. The third-order valence-corrected chi connectivity index (χ3v) is 3.48. The Kier molecular flexibility index (Phi) is 7.14. The van der Waals surface area contributed by atoms with Crippen molar-refractivity contribution in [1.82, 2.24) is 5.32 Å². The van der Waals surface area contributed by atoms with Crippen LogP contribution >= 0.6 is 28.3 Å². The predicted octanol–water partition coefficient (Wildman–Crippen LogP) is 4.59. The van der Waals surface area contributed by atoms with Crippen LogP contribution in [0.4, 0.5) is 0 Å². The summed E-state index contributed by atoms with van der Waals surface area (Å²) < 4.78 is 1.13. The lowest BCUT2D eigenvalue weighted by molar-refractivity contribution is 0.545. The molecular weight excluding hydrogens is 322 g/mol. The Morgan fingerprint density at radius 3 is 2.21 bits per heavy atom. The number of nitrogens with one attached hydrogen (secondary N) is 1. The maximum absolute atomic E-state index is 3.55. The van der Waals surface area contributed by atoms with Crippen molar-refractivity contribution in [3.8, 4) is 0 Å². The van der Waals surface area contributed by atoms with E-state index in [0.29, 0.717) is 6.04 Å². The van der Waals surface area contributed by atoms with Gasteiger partial charge in [-0.25, -0.2) is 0 Å². The first-order valence-electron chi connectivity index (χ1n) is 6.26. The van der Waals surface area contributed by atoms with E-state index in [1.165, 1.54) is 11.1 Å². The van der Waals surface area contributed by atoms with Gasteiger partial charge in [-0.1, -0.05) is 58.4 Å². The van der Waals surface area contributed by atoms with Crippen LogP contribution in [0.5, 0.6) is 0 Å². The Labute approximate surface area is 130 Å². The van der Waals surface area contributed by atoms with Gasteiger partial charge in [-0.2, -0.15) is 0 Å². The van der Waals surface area contributed by atoms with Crippen LogP contribution in [-0.2, 0) is 13.0 Å². The lowest BCUT2D eigenvalue weighted by Crippen LogP contribution is -2.27. The van der Waals surface area contributed by atoms with Crippen LogP contribution in [0.1, 0.15) is 18.1 Å². The summed E-state index contributed by atoms with van der Waals surface area (Å²) in [5, 5.41) is 3.55. The van der Waals surface area contributed by atoms with Gasteiger partial charge < -0.3 is 5.32 Å². The van der Waals surface area contributed by atoms with Gasteiger partial charge in [-0.05, 0) is 36.6 Å². The summed E-state index contributed by atoms with van der Waals surface area (Å²) in [4.78, 5) is 0. The van der Waals surface area contributed by atoms with Gasteiger partial charge >= 0.3 is 0 Å². The third-order valence-electron chi connectivity index (χ3n) is 2.95. The van der Waals surface area contributed by atoms with Crippen molar-refractivity contribution in [2.24, 2.45) is 0 Å². The lowest BCUT2D eigenvalue weighted by atomic mass is 10.1. The van der Waals surface area contributed by atoms with Gasteiger partial charge in [0.2, 0.25) is 0 Å². The Bertz CT molecular complexity index is 470. The van der Waals surface area contributed by atoms with Crippen molar-refractivity contribution in [1.29, 1.82) is 0 Å². The summed E-state index contributed by atoms with van der Waals surface area (Å²) in [5.41, 5.74) is 2.70. The number of benzene rings is 2. The van der Waals surface area contributed by atoms with Crippen LogP contribution in [0.15, 0.2) is 59.1 Å². The van der Waals surface area contributed by atoms with Crippen molar-refractivity contribution < 1.29 is 0 Å². The summed E-state index contributed by atoms with van der Waals surface area (Å²) in [7, 11) is 0. The average molecular weight is 341 g/mol. The lowest BCUT2D eigenvalue weighted by Gasteiger charge is -2.14. The van der Waals surface area contributed by atoms with Crippen LogP contribution in [0, 0.1) is 0 Å². The van der Waals surface area contributed by atoms with Crippen molar-refractivity contribution >= 4 is 28.3 Å². The topological polar surface area (TPSA) is 12.0 Å².